The van der Waals surface area contributed by atoms with E-state index in [2.05, 4.69) is 10.4 Å². The standard InChI is InChI=1S/C10H16N4O2/c1-8-6-12-10(16)14(7-8)5-3-2-4-9(15)13-11/h6-7H,2-5,11H2,1H3,(H,13,15). The summed E-state index contributed by atoms with van der Waals surface area (Å²) in [6, 6.07) is 0. The lowest BCUT2D eigenvalue weighted by Crippen LogP contribution is -2.29. The van der Waals surface area contributed by atoms with Gasteiger partial charge in [0.2, 0.25) is 5.91 Å². The zero-order valence-electron chi connectivity index (χ0n) is 9.27. The van der Waals surface area contributed by atoms with Gasteiger partial charge >= 0.3 is 5.69 Å². The Morgan fingerprint density at radius 3 is 3.00 bits per heavy atom. The number of rotatable bonds is 5. The molecule has 0 radical (unpaired) electrons. The molecule has 88 valence electrons. The number of hydrazine groups is 1. The molecule has 1 heterocycles. The van der Waals surface area contributed by atoms with Crippen LogP contribution in [0.15, 0.2) is 17.2 Å². The summed E-state index contributed by atoms with van der Waals surface area (Å²) in [7, 11) is 0. The smallest absolute Gasteiger partial charge is 0.299 e. The fraction of sp³-hybridized carbons (Fsp3) is 0.500. The first-order valence-electron chi connectivity index (χ1n) is 5.16. The lowest BCUT2D eigenvalue weighted by molar-refractivity contribution is -0.121. The average molecular weight is 224 g/mol. The monoisotopic (exact) mass is 224 g/mol. The molecule has 6 heteroatoms. The average Bonchev–Trinajstić information content (AvgIpc) is 2.28. The van der Waals surface area contributed by atoms with Crippen molar-refractivity contribution in [1.82, 2.24) is 15.0 Å². The second-order valence-electron chi connectivity index (χ2n) is 3.63. The first-order valence-corrected chi connectivity index (χ1v) is 5.16. The van der Waals surface area contributed by atoms with Crippen LogP contribution in [0.4, 0.5) is 0 Å². The molecule has 0 saturated carbocycles. The van der Waals surface area contributed by atoms with E-state index in [1.54, 1.807) is 17.0 Å². The van der Waals surface area contributed by atoms with E-state index in [4.69, 9.17) is 5.84 Å². The number of aromatic nitrogens is 2. The van der Waals surface area contributed by atoms with E-state index in [9.17, 15) is 9.59 Å². The van der Waals surface area contributed by atoms with Gasteiger partial charge in [0.25, 0.3) is 0 Å². The number of hydrogen-bond acceptors (Lipinski definition) is 4. The minimum Gasteiger partial charge on any atom is -0.299 e. The van der Waals surface area contributed by atoms with Gasteiger partial charge in [0.15, 0.2) is 0 Å². The van der Waals surface area contributed by atoms with Crippen molar-refractivity contribution in [3.05, 3.63) is 28.4 Å². The third kappa shape index (κ3) is 3.82. The molecule has 3 N–H and O–H groups in total. The van der Waals surface area contributed by atoms with Crippen molar-refractivity contribution in [3.8, 4) is 0 Å². The van der Waals surface area contributed by atoms with Gasteiger partial charge in [-0.25, -0.2) is 15.6 Å². The van der Waals surface area contributed by atoms with Crippen LogP contribution in [0, 0.1) is 6.92 Å². The molecule has 16 heavy (non-hydrogen) atoms. The second-order valence-corrected chi connectivity index (χ2v) is 3.63. The minimum absolute atomic E-state index is 0.185. The molecule has 1 amide bonds. The van der Waals surface area contributed by atoms with Gasteiger partial charge in [-0.1, -0.05) is 0 Å². The van der Waals surface area contributed by atoms with Crippen LogP contribution >= 0.6 is 0 Å². The van der Waals surface area contributed by atoms with Crippen molar-refractivity contribution in [2.24, 2.45) is 5.84 Å². The molecule has 1 aromatic heterocycles. The molecular weight excluding hydrogens is 208 g/mol. The molecule has 1 aromatic rings. The van der Waals surface area contributed by atoms with Gasteiger partial charge in [0.1, 0.15) is 0 Å². The van der Waals surface area contributed by atoms with E-state index < -0.39 is 0 Å². The molecule has 0 bridgehead atoms. The molecule has 0 aliphatic carbocycles. The normalized spacial score (nSPS) is 10.1. The summed E-state index contributed by atoms with van der Waals surface area (Å²) >= 11 is 0. The lowest BCUT2D eigenvalue weighted by Gasteiger charge is -2.05. The predicted molar refractivity (Wildman–Crippen MR) is 59.4 cm³/mol. The molecule has 6 nitrogen and oxygen atoms in total. The van der Waals surface area contributed by atoms with E-state index in [0.29, 0.717) is 19.4 Å². The zero-order chi connectivity index (χ0) is 12.0. The maximum Gasteiger partial charge on any atom is 0.347 e. The van der Waals surface area contributed by atoms with Crippen LogP contribution in [0.1, 0.15) is 24.8 Å². The number of amides is 1. The van der Waals surface area contributed by atoms with Gasteiger partial charge in [0, 0.05) is 25.4 Å². The largest absolute Gasteiger partial charge is 0.347 e. The highest BCUT2D eigenvalue weighted by molar-refractivity contribution is 5.74. The summed E-state index contributed by atoms with van der Waals surface area (Å²) in [5.74, 6) is 4.76. The summed E-state index contributed by atoms with van der Waals surface area (Å²) < 4.78 is 1.55. The van der Waals surface area contributed by atoms with Gasteiger partial charge in [-0.3, -0.25) is 14.8 Å². The minimum atomic E-state index is -0.256. The summed E-state index contributed by atoms with van der Waals surface area (Å²) in [6.07, 6.45) is 5.13. The van der Waals surface area contributed by atoms with Crippen molar-refractivity contribution >= 4 is 5.91 Å². The Hall–Kier alpha value is -1.69. The van der Waals surface area contributed by atoms with Gasteiger partial charge in [-0.15, -0.1) is 0 Å². The first-order chi connectivity index (χ1) is 7.63. The maximum absolute atomic E-state index is 11.3. The number of aryl methyl sites for hydroxylation is 2. The zero-order valence-corrected chi connectivity index (χ0v) is 9.27. The Morgan fingerprint density at radius 1 is 1.56 bits per heavy atom. The van der Waals surface area contributed by atoms with Crippen LogP contribution in [0.5, 0.6) is 0 Å². The van der Waals surface area contributed by atoms with Gasteiger partial charge in [-0.05, 0) is 25.3 Å². The predicted octanol–water partition coefficient (Wildman–Crippen LogP) is -0.288. The van der Waals surface area contributed by atoms with E-state index >= 15 is 0 Å². The number of nitrogens with one attached hydrogen (secondary N) is 1. The molecule has 0 fully saturated rings. The highest BCUT2D eigenvalue weighted by atomic mass is 16.2. The molecular formula is C10H16N4O2. The number of carbonyl (C=O) groups is 1. The fourth-order valence-corrected chi connectivity index (χ4v) is 1.37. The first kappa shape index (κ1) is 12.4. The SMILES string of the molecule is Cc1cnc(=O)n(CCCCC(=O)NN)c1. The number of nitrogens with two attached hydrogens (primary N) is 1. The fourth-order valence-electron chi connectivity index (χ4n) is 1.37. The lowest BCUT2D eigenvalue weighted by atomic mass is 10.2. The third-order valence-corrected chi connectivity index (χ3v) is 2.20. The maximum atomic E-state index is 11.3. The number of unbranched alkanes of at least 4 members (excludes halogenated alkanes) is 1. The quantitative estimate of drug-likeness (QED) is 0.311. The molecule has 0 aromatic carbocycles. The van der Waals surface area contributed by atoms with Crippen molar-refractivity contribution in [3.63, 3.8) is 0 Å². The summed E-state index contributed by atoms with van der Waals surface area (Å²) in [5.41, 5.74) is 2.75. The van der Waals surface area contributed by atoms with Crippen molar-refractivity contribution in [2.45, 2.75) is 32.7 Å². The van der Waals surface area contributed by atoms with Crippen LogP contribution in [0.25, 0.3) is 0 Å². The van der Waals surface area contributed by atoms with Crippen molar-refractivity contribution in [1.29, 1.82) is 0 Å². The van der Waals surface area contributed by atoms with Gasteiger partial charge in [-0.2, -0.15) is 0 Å². The van der Waals surface area contributed by atoms with Gasteiger partial charge < -0.3 is 0 Å². The number of nitrogens with zero attached hydrogens (tertiary/aromatic N) is 2. The molecule has 0 aliphatic rings. The van der Waals surface area contributed by atoms with Crippen LogP contribution in [0.3, 0.4) is 0 Å². The molecule has 1 rings (SSSR count). The summed E-state index contributed by atoms with van der Waals surface area (Å²) in [4.78, 5) is 25.9. The third-order valence-electron chi connectivity index (χ3n) is 2.20. The van der Waals surface area contributed by atoms with Crippen LogP contribution in [-0.4, -0.2) is 15.5 Å². The van der Waals surface area contributed by atoms with E-state index in [1.165, 1.54) is 0 Å². The summed E-state index contributed by atoms with van der Waals surface area (Å²) in [5, 5.41) is 0. The Labute approximate surface area is 93.5 Å². The number of hydrogen-bond donors (Lipinski definition) is 2. The summed E-state index contributed by atoms with van der Waals surface area (Å²) in [6.45, 7) is 2.45. The Kier molecular flexibility index (Phi) is 4.65. The van der Waals surface area contributed by atoms with E-state index in [1.807, 2.05) is 6.92 Å². The van der Waals surface area contributed by atoms with Crippen molar-refractivity contribution in [2.75, 3.05) is 0 Å². The highest BCUT2D eigenvalue weighted by Gasteiger charge is 2.00. The Bertz CT molecular complexity index is 414. The highest BCUT2D eigenvalue weighted by Crippen LogP contribution is 1.98. The topological polar surface area (TPSA) is 90.0 Å². The molecule has 0 saturated heterocycles. The Balaban J connectivity index is 2.40. The molecule has 0 unspecified atom stereocenters. The second kappa shape index (κ2) is 6.02. The molecule has 0 spiro atoms. The Morgan fingerprint density at radius 2 is 2.31 bits per heavy atom. The molecule has 0 atom stereocenters. The van der Waals surface area contributed by atoms with Crippen LogP contribution < -0.4 is 17.0 Å². The van der Waals surface area contributed by atoms with E-state index in [0.717, 1.165) is 12.0 Å². The van der Waals surface area contributed by atoms with Crippen LogP contribution in [0.2, 0.25) is 0 Å². The van der Waals surface area contributed by atoms with E-state index in [-0.39, 0.29) is 11.6 Å². The van der Waals surface area contributed by atoms with Crippen LogP contribution in [-0.2, 0) is 11.3 Å². The molecule has 0 aliphatic heterocycles. The van der Waals surface area contributed by atoms with Gasteiger partial charge in [0.05, 0.1) is 0 Å². The van der Waals surface area contributed by atoms with Crippen molar-refractivity contribution < 1.29 is 4.79 Å². The number of carbonyl (C=O) groups excluding carboxylic acids is 1.